The molecule has 2 aliphatic carbocycles. The summed E-state index contributed by atoms with van der Waals surface area (Å²) in [6, 6.07) is 0. The van der Waals surface area contributed by atoms with Crippen LogP contribution in [0.15, 0.2) is 0 Å². The van der Waals surface area contributed by atoms with Gasteiger partial charge in [0.2, 0.25) is 0 Å². The van der Waals surface area contributed by atoms with Crippen LogP contribution >= 0.6 is 0 Å². The molecule has 2 bridgehead atoms. The number of carbonyl (C=O) groups is 2. The number of aliphatic carboxylic acids is 1. The number of carboxylic acids is 1. The zero-order valence-electron chi connectivity index (χ0n) is 10.6. The standard InChI is InChI=1S/C13H20O4/c1-11(2)8-4-6-12(11,3)10(16)13(8,17)7-5-9(14)15/h8,17H,4-7H2,1-3H3,(H,14,15)/t8-,12-,13-/m1/s1. The van der Waals surface area contributed by atoms with E-state index in [-0.39, 0.29) is 30.0 Å². The molecule has 0 aromatic rings. The largest absolute Gasteiger partial charge is 0.481 e. The van der Waals surface area contributed by atoms with Gasteiger partial charge in [-0.25, -0.2) is 0 Å². The Bertz CT molecular complexity index is 387. The highest BCUT2D eigenvalue weighted by molar-refractivity contribution is 5.97. The number of Topliss-reactive ketones (excluding diaryl/α,β-unsaturated/α-hetero) is 1. The Morgan fingerprint density at radius 3 is 2.41 bits per heavy atom. The molecule has 4 nitrogen and oxygen atoms in total. The highest BCUT2D eigenvalue weighted by Crippen LogP contribution is 2.67. The van der Waals surface area contributed by atoms with Gasteiger partial charge < -0.3 is 10.2 Å². The predicted octanol–water partition coefficient (Wildman–Crippen LogP) is 1.61. The van der Waals surface area contributed by atoms with Crippen LogP contribution in [0.25, 0.3) is 0 Å². The van der Waals surface area contributed by atoms with Gasteiger partial charge in [0.05, 0.1) is 0 Å². The van der Waals surface area contributed by atoms with Crippen molar-refractivity contribution in [1.29, 1.82) is 0 Å². The van der Waals surface area contributed by atoms with E-state index in [9.17, 15) is 14.7 Å². The first kappa shape index (κ1) is 12.6. The maximum absolute atomic E-state index is 12.4. The summed E-state index contributed by atoms with van der Waals surface area (Å²) in [6.45, 7) is 5.94. The number of hydrogen-bond acceptors (Lipinski definition) is 3. The Kier molecular flexibility index (Phi) is 2.45. The van der Waals surface area contributed by atoms with Gasteiger partial charge in [-0.05, 0) is 24.7 Å². The van der Waals surface area contributed by atoms with E-state index in [0.717, 1.165) is 12.8 Å². The summed E-state index contributed by atoms with van der Waals surface area (Å²) in [5.41, 5.74) is -2.16. The molecule has 0 aromatic heterocycles. The highest BCUT2D eigenvalue weighted by Gasteiger charge is 2.72. The molecule has 0 amide bonds. The molecule has 0 radical (unpaired) electrons. The van der Waals surface area contributed by atoms with Crippen molar-refractivity contribution in [2.24, 2.45) is 16.7 Å². The first-order valence-corrected chi connectivity index (χ1v) is 6.15. The zero-order chi connectivity index (χ0) is 13.1. The van der Waals surface area contributed by atoms with E-state index < -0.39 is 17.0 Å². The number of hydrogen-bond donors (Lipinski definition) is 2. The number of carbonyl (C=O) groups excluding carboxylic acids is 1. The van der Waals surface area contributed by atoms with Crippen LogP contribution in [0.1, 0.15) is 46.5 Å². The smallest absolute Gasteiger partial charge is 0.303 e. The van der Waals surface area contributed by atoms with E-state index >= 15 is 0 Å². The van der Waals surface area contributed by atoms with Crippen molar-refractivity contribution in [1.82, 2.24) is 0 Å². The molecule has 96 valence electrons. The molecule has 0 heterocycles. The van der Waals surface area contributed by atoms with Crippen LogP contribution in [0.2, 0.25) is 0 Å². The maximum Gasteiger partial charge on any atom is 0.303 e. The van der Waals surface area contributed by atoms with Crippen LogP contribution in [0, 0.1) is 16.7 Å². The third-order valence-electron chi connectivity index (χ3n) is 5.42. The van der Waals surface area contributed by atoms with Gasteiger partial charge in [-0.15, -0.1) is 0 Å². The maximum atomic E-state index is 12.4. The lowest BCUT2D eigenvalue weighted by Gasteiger charge is -2.32. The minimum atomic E-state index is -1.42. The molecular weight excluding hydrogens is 220 g/mol. The number of fused-ring (bicyclic) bond motifs is 2. The van der Waals surface area contributed by atoms with Crippen LogP contribution in [0.4, 0.5) is 0 Å². The number of carboxylic acid groups (broad SMARTS) is 1. The van der Waals surface area contributed by atoms with Crippen molar-refractivity contribution in [2.75, 3.05) is 0 Å². The van der Waals surface area contributed by atoms with E-state index in [1.54, 1.807) is 0 Å². The third-order valence-corrected chi connectivity index (χ3v) is 5.42. The molecule has 2 N–H and O–H groups in total. The second-order valence-electron chi connectivity index (χ2n) is 6.29. The second-order valence-corrected chi connectivity index (χ2v) is 6.29. The van der Waals surface area contributed by atoms with E-state index in [2.05, 4.69) is 0 Å². The molecule has 2 fully saturated rings. The summed E-state index contributed by atoms with van der Waals surface area (Å²) < 4.78 is 0. The van der Waals surface area contributed by atoms with Crippen molar-refractivity contribution >= 4 is 11.8 Å². The Labute approximate surface area is 101 Å². The molecule has 0 unspecified atom stereocenters. The molecular formula is C13H20O4. The van der Waals surface area contributed by atoms with Gasteiger partial charge in [0.15, 0.2) is 5.78 Å². The van der Waals surface area contributed by atoms with Gasteiger partial charge in [0.1, 0.15) is 5.60 Å². The van der Waals surface area contributed by atoms with E-state index in [4.69, 9.17) is 5.11 Å². The quantitative estimate of drug-likeness (QED) is 0.786. The van der Waals surface area contributed by atoms with E-state index in [0.29, 0.717) is 0 Å². The molecule has 17 heavy (non-hydrogen) atoms. The third kappa shape index (κ3) is 1.33. The average molecular weight is 240 g/mol. The SMILES string of the molecule is CC1(C)[C@H]2CC[C@]1(C)C(=O)[C@@]2(O)CCC(=O)O. The molecule has 2 rings (SSSR count). The van der Waals surface area contributed by atoms with Gasteiger partial charge in [0, 0.05) is 17.8 Å². The highest BCUT2D eigenvalue weighted by atomic mass is 16.4. The zero-order valence-corrected chi connectivity index (χ0v) is 10.6. The van der Waals surface area contributed by atoms with Crippen LogP contribution in [0.3, 0.4) is 0 Å². The van der Waals surface area contributed by atoms with Crippen molar-refractivity contribution in [3.63, 3.8) is 0 Å². The van der Waals surface area contributed by atoms with Crippen LogP contribution in [-0.4, -0.2) is 27.6 Å². The molecule has 0 saturated heterocycles. The Balaban J connectivity index is 2.33. The summed E-state index contributed by atoms with van der Waals surface area (Å²) in [7, 11) is 0. The molecule has 4 heteroatoms. The number of aliphatic hydroxyl groups is 1. The van der Waals surface area contributed by atoms with Crippen molar-refractivity contribution in [2.45, 2.75) is 52.1 Å². The molecule has 2 saturated carbocycles. The first-order valence-electron chi connectivity index (χ1n) is 6.15. The van der Waals surface area contributed by atoms with Crippen molar-refractivity contribution < 1.29 is 19.8 Å². The Morgan fingerprint density at radius 2 is 2.00 bits per heavy atom. The Morgan fingerprint density at radius 1 is 1.41 bits per heavy atom. The molecule has 0 aliphatic heterocycles. The van der Waals surface area contributed by atoms with Gasteiger partial charge in [-0.1, -0.05) is 20.8 Å². The first-order chi connectivity index (χ1) is 7.66. The minimum Gasteiger partial charge on any atom is -0.481 e. The predicted molar refractivity (Wildman–Crippen MR) is 61.4 cm³/mol. The fraction of sp³-hybridized carbons (Fsp3) is 0.846. The molecule has 2 aliphatic rings. The van der Waals surface area contributed by atoms with Gasteiger partial charge in [-0.2, -0.15) is 0 Å². The molecule has 0 spiro atoms. The summed E-state index contributed by atoms with van der Waals surface area (Å²) in [5, 5.41) is 19.3. The fourth-order valence-electron chi connectivity index (χ4n) is 3.96. The van der Waals surface area contributed by atoms with Crippen LogP contribution in [0.5, 0.6) is 0 Å². The number of rotatable bonds is 3. The summed E-state index contributed by atoms with van der Waals surface area (Å²) >= 11 is 0. The lowest BCUT2D eigenvalue weighted by atomic mass is 9.70. The lowest BCUT2D eigenvalue weighted by Crippen LogP contribution is -2.46. The van der Waals surface area contributed by atoms with Gasteiger partial charge in [-0.3, -0.25) is 9.59 Å². The van der Waals surface area contributed by atoms with Crippen LogP contribution in [-0.2, 0) is 9.59 Å². The summed E-state index contributed by atoms with van der Waals surface area (Å²) in [6.07, 6.45) is 1.51. The van der Waals surface area contributed by atoms with E-state index in [1.807, 2.05) is 20.8 Å². The van der Waals surface area contributed by atoms with Crippen molar-refractivity contribution in [3.05, 3.63) is 0 Å². The summed E-state index contributed by atoms with van der Waals surface area (Å²) in [4.78, 5) is 23.0. The molecule has 3 atom stereocenters. The topological polar surface area (TPSA) is 74.6 Å². The lowest BCUT2D eigenvalue weighted by molar-refractivity contribution is -0.149. The van der Waals surface area contributed by atoms with Gasteiger partial charge >= 0.3 is 5.97 Å². The van der Waals surface area contributed by atoms with E-state index in [1.165, 1.54) is 0 Å². The summed E-state index contributed by atoms with van der Waals surface area (Å²) in [5.74, 6) is -1.21. The average Bonchev–Trinajstić information content (AvgIpc) is 2.51. The second kappa shape index (κ2) is 3.31. The minimum absolute atomic E-state index is 0.0465. The Hall–Kier alpha value is -0.900. The molecule has 0 aromatic carbocycles. The van der Waals surface area contributed by atoms with Crippen molar-refractivity contribution in [3.8, 4) is 0 Å². The monoisotopic (exact) mass is 240 g/mol. The van der Waals surface area contributed by atoms with Crippen LogP contribution < -0.4 is 0 Å². The fourth-order valence-corrected chi connectivity index (χ4v) is 3.96. The normalized spacial score (nSPS) is 43.1. The number of ketones is 1. The van der Waals surface area contributed by atoms with Gasteiger partial charge in [0.25, 0.3) is 0 Å².